The van der Waals surface area contributed by atoms with Gasteiger partial charge in [0, 0.05) is 81.7 Å². The van der Waals surface area contributed by atoms with E-state index >= 15 is 9.59 Å². The van der Waals surface area contributed by atoms with Crippen LogP contribution in [0.25, 0.3) is 10.8 Å². The van der Waals surface area contributed by atoms with Gasteiger partial charge in [-0.1, -0.05) is 146 Å². The number of nitrogens with one attached hydrogen (secondary N) is 1. The second-order valence-electron chi connectivity index (χ2n) is 23.8. The van der Waals surface area contributed by atoms with Crippen molar-refractivity contribution in [2.75, 3.05) is 46.4 Å². The van der Waals surface area contributed by atoms with Crippen LogP contribution in [0.2, 0.25) is 0 Å². The van der Waals surface area contributed by atoms with Crippen molar-refractivity contribution in [2.45, 2.75) is 162 Å². The fraction of sp³-hybridized carbons (Fsp3) is 0.576. The van der Waals surface area contributed by atoms with E-state index in [1.54, 1.807) is 7.11 Å². The predicted molar refractivity (Wildman–Crippen MR) is 309 cm³/mol. The first-order valence-corrected chi connectivity index (χ1v) is 29.9. The van der Waals surface area contributed by atoms with E-state index in [2.05, 4.69) is 36.5 Å². The molecule has 2 saturated heterocycles. The second kappa shape index (κ2) is 27.8. The van der Waals surface area contributed by atoms with Gasteiger partial charge in [-0.2, -0.15) is 0 Å². The minimum Gasteiger partial charge on any atom is -0.379 e. The largest absolute Gasteiger partial charge is 0.379 e. The first-order valence-electron chi connectivity index (χ1n) is 29.9. The Kier molecular flexibility index (Phi) is 20.8. The molecule has 0 unspecified atom stereocenters. The van der Waals surface area contributed by atoms with Gasteiger partial charge >= 0.3 is 0 Å². The average molecular weight is 1060 g/mol. The highest BCUT2D eigenvalue weighted by Gasteiger charge is 2.45. The summed E-state index contributed by atoms with van der Waals surface area (Å²) in [5, 5.41) is 4.86. The van der Waals surface area contributed by atoms with E-state index in [9.17, 15) is 19.2 Å². The Balaban J connectivity index is 1.04. The molecule has 12 nitrogen and oxygen atoms in total. The summed E-state index contributed by atoms with van der Waals surface area (Å²) in [7, 11) is 1.67. The van der Waals surface area contributed by atoms with Crippen molar-refractivity contribution < 1.29 is 33.5 Å². The number of carbonyl (C=O) groups is 6. The molecule has 2 aliphatic carbocycles. The molecule has 420 valence electrons. The van der Waals surface area contributed by atoms with Crippen molar-refractivity contribution in [1.82, 2.24) is 24.9 Å². The number of benzene rings is 4. The number of fused-ring (bicyclic) bond motifs is 1. The number of hydrogen-bond acceptors (Lipinski definition) is 7. The van der Waals surface area contributed by atoms with Crippen LogP contribution < -0.4 is 5.32 Å². The van der Waals surface area contributed by atoms with E-state index in [1.165, 1.54) is 6.42 Å². The van der Waals surface area contributed by atoms with Gasteiger partial charge in [-0.25, -0.2) is 0 Å². The molecule has 0 bridgehead atoms. The lowest BCUT2D eigenvalue weighted by molar-refractivity contribution is -0.142. The number of likely N-dealkylation sites (tertiary alicyclic amines) is 2. The van der Waals surface area contributed by atoms with Crippen molar-refractivity contribution in [2.24, 2.45) is 35.5 Å². The Labute approximate surface area is 465 Å². The average Bonchev–Trinajstić information content (AvgIpc) is 4.10. The van der Waals surface area contributed by atoms with E-state index in [0.29, 0.717) is 69.5 Å². The molecule has 5 amide bonds. The van der Waals surface area contributed by atoms with Crippen LogP contribution in [-0.4, -0.2) is 126 Å². The van der Waals surface area contributed by atoms with Crippen molar-refractivity contribution in [1.29, 1.82) is 0 Å². The maximum Gasteiger partial charge on any atom is 0.253 e. The molecule has 4 fully saturated rings. The minimum atomic E-state index is -0.632. The number of amides is 5. The third-order valence-electron chi connectivity index (χ3n) is 18.3. The van der Waals surface area contributed by atoms with Crippen LogP contribution in [0.1, 0.15) is 156 Å². The SMILES string of the molecule is CC[C@@H](C)C(=O)N[C@H](C(=O)N1CC[C@H](OC)[C@H]1CN(CCc1ccccc1)C(=O)c1ccc2cc(C(=O)N(CCc3ccccc3)C[C@@H]3[C@@H](C)CCN3C(=O)[C@@H](CC(=O)C(C)C)C3CCCCC3)ccc2c1)C1CCCCC1. The summed E-state index contributed by atoms with van der Waals surface area (Å²) >= 11 is 0. The monoisotopic (exact) mass is 1060 g/mol. The van der Waals surface area contributed by atoms with Gasteiger partial charge < -0.3 is 29.7 Å². The van der Waals surface area contributed by atoms with Gasteiger partial charge in [0.15, 0.2) is 0 Å². The van der Waals surface area contributed by atoms with E-state index in [1.807, 2.05) is 120 Å². The summed E-state index contributed by atoms with van der Waals surface area (Å²) in [5.74, 6) is -0.489. The zero-order valence-corrected chi connectivity index (χ0v) is 47.7. The highest BCUT2D eigenvalue weighted by molar-refractivity contribution is 6.02. The number of methoxy groups -OCH3 is 1. The van der Waals surface area contributed by atoms with Gasteiger partial charge in [0.05, 0.1) is 18.2 Å². The zero-order chi connectivity index (χ0) is 55.3. The van der Waals surface area contributed by atoms with Gasteiger partial charge in [-0.15, -0.1) is 0 Å². The topological polar surface area (TPSA) is 137 Å². The Bertz CT molecular complexity index is 2650. The van der Waals surface area contributed by atoms with Crippen molar-refractivity contribution in [3.8, 4) is 0 Å². The fourth-order valence-corrected chi connectivity index (χ4v) is 13.0. The second-order valence-corrected chi connectivity index (χ2v) is 23.8. The van der Waals surface area contributed by atoms with Crippen LogP contribution in [0, 0.1) is 35.5 Å². The summed E-state index contributed by atoms with van der Waals surface area (Å²) in [6.07, 6.45) is 13.7. The normalized spacial score (nSPS) is 21.3. The van der Waals surface area contributed by atoms with E-state index in [4.69, 9.17) is 4.74 Å². The summed E-state index contributed by atoms with van der Waals surface area (Å²) in [6, 6.07) is 30.4. The highest BCUT2D eigenvalue weighted by Crippen LogP contribution is 2.37. The van der Waals surface area contributed by atoms with Gasteiger partial charge in [0.2, 0.25) is 17.7 Å². The molecule has 1 N–H and O–H groups in total. The van der Waals surface area contributed by atoms with Crippen molar-refractivity contribution in [3.63, 3.8) is 0 Å². The third-order valence-corrected chi connectivity index (χ3v) is 18.3. The van der Waals surface area contributed by atoms with E-state index in [0.717, 1.165) is 86.1 Å². The molecule has 0 aromatic heterocycles. The standard InChI is InChI=1S/C66H89N5O7/c1-7-46(4)62(73)67-61(51-26-18-11-19-27-51)66(77)71-39-35-60(78-6)58(71)44-69(37-34-49-22-14-9-15-23-49)64(75)55-31-29-52-40-54(30-28-53(52)41-55)63(74)68(36-33-48-20-12-8-13-21-48)43-57-47(5)32-38-70(57)65(76)56(42-59(72)45(2)3)50-24-16-10-17-25-50/h8-9,12-15,20-23,28-31,40-41,45-47,50-51,56-58,60-61H,7,10-11,16-19,24-27,32-39,42-44H2,1-6H3,(H,67,73)/t46-,47+,56+,57-,58-,60+,61+/m1/s1. The molecular weight excluding hydrogens is 975 g/mol. The van der Waals surface area contributed by atoms with E-state index < -0.39 is 12.1 Å². The number of hydrogen-bond donors (Lipinski definition) is 1. The summed E-state index contributed by atoms with van der Waals surface area (Å²) in [5.41, 5.74) is 3.26. The van der Waals surface area contributed by atoms with Crippen LogP contribution in [-0.2, 0) is 36.8 Å². The molecule has 12 heteroatoms. The molecule has 2 saturated carbocycles. The molecule has 78 heavy (non-hydrogen) atoms. The number of ether oxygens (including phenoxy) is 1. The van der Waals surface area contributed by atoms with Gasteiger partial charge in [0.25, 0.3) is 11.8 Å². The molecule has 4 aromatic rings. The maximum absolute atomic E-state index is 15.1. The Hall–Kier alpha value is -5.88. The first kappa shape index (κ1) is 58.3. The zero-order valence-electron chi connectivity index (χ0n) is 47.7. The minimum absolute atomic E-state index is 0.0530. The molecule has 0 spiro atoms. The Morgan fingerprint density at radius 3 is 1.63 bits per heavy atom. The Morgan fingerprint density at radius 1 is 0.615 bits per heavy atom. The molecule has 0 radical (unpaired) electrons. The quantitative estimate of drug-likeness (QED) is 0.0781. The molecule has 4 aliphatic rings. The lowest BCUT2D eigenvalue weighted by Crippen LogP contribution is -2.57. The molecule has 8 rings (SSSR count). The molecule has 7 atom stereocenters. The first-order chi connectivity index (χ1) is 37.7. The van der Waals surface area contributed by atoms with Gasteiger partial charge in [-0.05, 0) is 122 Å². The molecular formula is C66H89N5O7. The van der Waals surface area contributed by atoms with Gasteiger partial charge in [0.1, 0.15) is 11.8 Å². The van der Waals surface area contributed by atoms with E-state index in [-0.39, 0.29) is 95.9 Å². The number of rotatable bonds is 23. The third kappa shape index (κ3) is 14.5. The molecule has 4 aromatic carbocycles. The number of Topliss-reactive ketones (excluding diaryl/α,β-unsaturated/α-hetero) is 1. The smallest absolute Gasteiger partial charge is 0.253 e. The number of nitrogens with zero attached hydrogens (tertiary/aromatic N) is 4. The number of ketones is 1. The lowest BCUT2D eigenvalue weighted by atomic mass is 9.76. The van der Waals surface area contributed by atoms with Crippen LogP contribution in [0.5, 0.6) is 0 Å². The summed E-state index contributed by atoms with van der Waals surface area (Å²) in [4.78, 5) is 94.3. The van der Waals surface area contributed by atoms with Crippen LogP contribution in [0.3, 0.4) is 0 Å². The van der Waals surface area contributed by atoms with Crippen molar-refractivity contribution in [3.05, 3.63) is 119 Å². The van der Waals surface area contributed by atoms with Crippen molar-refractivity contribution >= 4 is 46.1 Å². The number of carbonyl (C=O) groups excluding carboxylic acids is 6. The molecule has 2 heterocycles. The lowest BCUT2D eigenvalue weighted by Gasteiger charge is -2.38. The summed E-state index contributed by atoms with van der Waals surface area (Å²) < 4.78 is 6.09. The van der Waals surface area contributed by atoms with Crippen LogP contribution in [0.15, 0.2) is 97.1 Å². The fourth-order valence-electron chi connectivity index (χ4n) is 13.0. The predicted octanol–water partition coefficient (Wildman–Crippen LogP) is 11.0. The maximum atomic E-state index is 15.1. The van der Waals surface area contributed by atoms with Gasteiger partial charge in [-0.3, -0.25) is 28.8 Å². The highest BCUT2D eigenvalue weighted by atomic mass is 16.5. The Morgan fingerprint density at radius 2 is 1.12 bits per heavy atom. The van der Waals surface area contributed by atoms with Crippen LogP contribution >= 0.6 is 0 Å². The molecule has 2 aliphatic heterocycles. The van der Waals surface area contributed by atoms with Crippen LogP contribution in [0.4, 0.5) is 0 Å². The summed E-state index contributed by atoms with van der Waals surface area (Å²) in [6.45, 7) is 12.6.